The molecule has 1 saturated heterocycles. The third-order valence-corrected chi connectivity index (χ3v) is 4.67. The summed E-state index contributed by atoms with van der Waals surface area (Å²) in [6, 6.07) is 5.74. The Labute approximate surface area is 139 Å². The average Bonchev–Trinajstić information content (AvgIpc) is 3.32. The van der Waals surface area contributed by atoms with E-state index in [4.69, 9.17) is 4.74 Å². The van der Waals surface area contributed by atoms with Crippen LogP contribution in [-0.2, 0) is 0 Å². The normalized spacial score (nSPS) is 17.6. The van der Waals surface area contributed by atoms with Crippen LogP contribution in [0.25, 0.3) is 10.9 Å². The molecule has 6 heteroatoms. The summed E-state index contributed by atoms with van der Waals surface area (Å²) in [5, 5.41) is 0.889. The molecule has 2 aromatic heterocycles. The van der Waals surface area contributed by atoms with Crippen LogP contribution in [0.5, 0.6) is 5.75 Å². The summed E-state index contributed by atoms with van der Waals surface area (Å²) in [6.45, 7) is 2.73. The van der Waals surface area contributed by atoms with Crippen LogP contribution in [0.2, 0.25) is 0 Å². The first-order chi connectivity index (χ1) is 11.7. The Balaban J connectivity index is 1.70. The Morgan fingerprint density at radius 1 is 1.42 bits per heavy atom. The second kappa shape index (κ2) is 5.70. The van der Waals surface area contributed by atoms with Crippen molar-refractivity contribution in [3.8, 4) is 5.75 Å². The molecule has 1 fully saturated rings. The number of carbonyl (C=O) groups excluding carboxylic acids is 1. The molecule has 4 rings (SSSR count). The van der Waals surface area contributed by atoms with Crippen molar-refractivity contribution in [3.63, 3.8) is 0 Å². The molecule has 1 aromatic carbocycles. The Bertz CT molecular complexity index is 895. The number of likely N-dealkylation sites (tertiary alicyclic amines) is 1. The number of hydrogen-bond acceptors (Lipinski definition) is 3. The molecule has 0 radical (unpaired) electrons. The van der Waals surface area contributed by atoms with Crippen LogP contribution in [0.15, 0.2) is 30.6 Å². The smallest absolute Gasteiger partial charge is 0.256 e. The molecule has 1 atom stereocenters. The first kappa shape index (κ1) is 14.8. The summed E-state index contributed by atoms with van der Waals surface area (Å²) in [6.07, 6.45) is 5.52. The molecule has 24 heavy (non-hydrogen) atoms. The van der Waals surface area contributed by atoms with E-state index in [1.54, 1.807) is 13.3 Å². The van der Waals surface area contributed by atoms with E-state index in [0.29, 0.717) is 5.56 Å². The zero-order valence-corrected chi connectivity index (χ0v) is 13.8. The Morgan fingerprint density at radius 3 is 3.04 bits per heavy atom. The number of aryl methyl sites for hydroxylation is 1. The van der Waals surface area contributed by atoms with E-state index in [0.717, 1.165) is 47.6 Å². The Hall–Kier alpha value is -2.76. The van der Waals surface area contributed by atoms with E-state index < -0.39 is 0 Å². The summed E-state index contributed by atoms with van der Waals surface area (Å²) < 4.78 is 5.29. The number of aromatic amines is 2. The number of ether oxygens (including phenoxy) is 1. The number of hydrogen-bond donors (Lipinski definition) is 2. The van der Waals surface area contributed by atoms with E-state index in [-0.39, 0.29) is 11.9 Å². The van der Waals surface area contributed by atoms with Gasteiger partial charge in [0.1, 0.15) is 11.6 Å². The van der Waals surface area contributed by atoms with Crippen LogP contribution in [-0.4, -0.2) is 39.4 Å². The molecular formula is C18H20N4O2. The van der Waals surface area contributed by atoms with Gasteiger partial charge in [0.15, 0.2) is 0 Å². The summed E-state index contributed by atoms with van der Waals surface area (Å²) >= 11 is 0. The van der Waals surface area contributed by atoms with E-state index >= 15 is 0 Å². The molecule has 0 bridgehead atoms. The van der Waals surface area contributed by atoms with Crippen LogP contribution >= 0.6 is 0 Å². The Morgan fingerprint density at radius 2 is 2.29 bits per heavy atom. The van der Waals surface area contributed by atoms with Gasteiger partial charge < -0.3 is 19.6 Å². The first-order valence-electron chi connectivity index (χ1n) is 8.15. The lowest BCUT2D eigenvalue weighted by molar-refractivity contribution is 0.0732. The van der Waals surface area contributed by atoms with Gasteiger partial charge in [-0.15, -0.1) is 0 Å². The number of amides is 1. The number of imidazole rings is 1. The number of aromatic nitrogens is 3. The zero-order chi connectivity index (χ0) is 16.7. The SMILES string of the molecule is COc1ccc2[nH]cc(C(=O)N3CCC[C@@H]3c3ncc(C)[nH]3)c2c1. The van der Waals surface area contributed by atoms with Crippen LogP contribution < -0.4 is 4.74 Å². The number of fused-ring (bicyclic) bond motifs is 1. The van der Waals surface area contributed by atoms with Crippen molar-refractivity contribution in [2.45, 2.75) is 25.8 Å². The molecule has 0 saturated carbocycles. The predicted molar refractivity (Wildman–Crippen MR) is 91.2 cm³/mol. The van der Waals surface area contributed by atoms with Crippen LogP contribution in [0.3, 0.4) is 0 Å². The van der Waals surface area contributed by atoms with Crippen LogP contribution in [0.1, 0.15) is 40.8 Å². The number of carbonyl (C=O) groups is 1. The van der Waals surface area contributed by atoms with E-state index in [1.165, 1.54) is 0 Å². The average molecular weight is 324 g/mol. The quantitative estimate of drug-likeness (QED) is 0.777. The minimum absolute atomic E-state index is 0.0155. The van der Waals surface area contributed by atoms with Gasteiger partial charge in [-0.3, -0.25) is 4.79 Å². The largest absolute Gasteiger partial charge is 0.497 e. The highest BCUT2D eigenvalue weighted by atomic mass is 16.5. The highest BCUT2D eigenvalue weighted by Gasteiger charge is 2.33. The van der Waals surface area contributed by atoms with Crippen molar-refractivity contribution in [2.24, 2.45) is 0 Å². The zero-order valence-electron chi connectivity index (χ0n) is 13.8. The molecule has 0 spiro atoms. The van der Waals surface area contributed by atoms with Gasteiger partial charge in [-0.2, -0.15) is 0 Å². The van der Waals surface area contributed by atoms with Crippen molar-refractivity contribution in [1.29, 1.82) is 0 Å². The van der Waals surface area contributed by atoms with Crippen LogP contribution in [0, 0.1) is 6.92 Å². The standard InChI is InChI=1S/C18H20N4O2/c1-11-9-20-17(21-11)16-4-3-7-22(16)18(23)14-10-19-15-6-5-12(24-2)8-13(14)15/h5-6,8-10,16,19H,3-4,7H2,1-2H3,(H,20,21)/t16-/m1/s1. The van der Waals surface area contributed by atoms with Crippen LogP contribution in [0.4, 0.5) is 0 Å². The maximum atomic E-state index is 13.1. The third kappa shape index (κ3) is 2.35. The molecule has 2 N–H and O–H groups in total. The number of nitrogens with zero attached hydrogens (tertiary/aromatic N) is 2. The molecule has 0 aliphatic carbocycles. The minimum Gasteiger partial charge on any atom is -0.497 e. The third-order valence-electron chi connectivity index (χ3n) is 4.67. The van der Waals surface area contributed by atoms with E-state index in [9.17, 15) is 4.79 Å². The topological polar surface area (TPSA) is 74.0 Å². The van der Waals surface area contributed by atoms with E-state index in [1.807, 2.05) is 36.2 Å². The maximum Gasteiger partial charge on any atom is 0.256 e. The number of rotatable bonds is 3. The minimum atomic E-state index is 0.0155. The number of H-pyrrole nitrogens is 2. The second-order valence-corrected chi connectivity index (χ2v) is 6.22. The fourth-order valence-corrected chi connectivity index (χ4v) is 3.45. The van der Waals surface area contributed by atoms with Crippen molar-refractivity contribution in [2.75, 3.05) is 13.7 Å². The summed E-state index contributed by atoms with van der Waals surface area (Å²) in [7, 11) is 1.63. The van der Waals surface area contributed by atoms with E-state index in [2.05, 4.69) is 15.0 Å². The molecular weight excluding hydrogens is 304 g/mol. The highest BCUT2D eigenvalue weighted by molar-refractivity contribution is 6.07. The van der Waals surface area contributed by atoms with Gasteiger partial charge in [0, 0.05) is 35.5 Å². The fourth-order valence-electron chi connectivity index (χ4n) is 3.45. The molecule has 3 aromatic rings. The molecule has 3 heterocycles. The summed E-state index contributed by atoms with van der Waals surface area (Å²) in [4.78, 5) is 25.9. The van der Waals surface area contributed by atoms with Crippen molar-refractivity contribution < 1.29 is 9.53 Å². The summed E-state index contributed by atoms with van der Waals surface area (Å²) in [5.74, 6) is 1.65. The van der Waals surface area contributed by atoms with Gasteiger partial charge in [-0.1, -0.05) is 0 Å². The van der Waals surface area contributed by atoms with Gasteiger partial charge in [0.25, 0.3) is 5.91 Å². The second-order valence-electron chi connectivity index (χ2n) is 6.22. The predicted octanol–water partition coefficient (Wildman–Crippen LogP) is 3.19. The summed E-state index contributed by atoms with van der Waals surface area (Å²) in [5.41, 5.74) is 2.63. The fraction of sp³-hybridized carbons (Fsp3) is 0.333. The molecule has 0 unspecified atom stereocenters. The molecule has 1 aliphatic heterocycles. The maximum absolute atomic E-state index is 13.1. The monoisotopic (exact) mass is 324 g/mol. The highest BCUT2D eigenvalue weighted by Crippen LogP contribution is 2.33. The Kier molecular flexibility index (Phi) is 3.52. The van der Waals surface area contributed by atoms with Gasteiger partial charge in [-0.05, 0) is 38.0 Å². The lowest BCUT2D eigenvalue weighted by Gasteiger charge is -2.23. The van der Waals surface area contributed by atoms with Gasteiger partial charge in [0.05, 0.1) is 18.7 Å². The van der Waals surface area contributed by atoms with Gasteiger partial charge >= 0.3 is 0 Å². The molecule has 1 amide bonds. The lowest BCUT2D eigenvalue weighted by atomic mass is 10.1. The number of methoxy groups -OCH3 is 1. The van der Waals surface area contributed by atoms with Gasteiger partial charge in [-0.25, -0.2) is 4.98 Å². The van der Waals surface area contributed by atoms with Gasteiger partial charge in [0.2, 0.25) is 0 Å². The number of benzene rings is 1. The lowest BCUT2D eigenvalue weighted by Crippen LogP contribution is -2.31. The first-order valence-corrected chi connectivity index (χ1v) is 8.15. The molecule has 124 valence electrons. The molecule has 6 nitrogen and oxygen atoms in total. The van der Waals surface area contributed by atoms with Crippen molar-refractivity contribution >= 4 is 16.8 Å². The number of nitrogens with one attached hydrogen (secondary N) is 2. The van der Waals surface area contributed by atoms with Crippen molar-refractivity contribution in [1.82, 2.24) is 19.9 Å². The molecule has 1 aliphatic rings. The van der Waals surface area contributed by atoms with Crippen molar-refractivity contribution in [3.05, 3.63) is 47.7 Å².